The van der Waals surface area contributed by atoms with E-state index in [4.69, 9.17) is 18.9 Å². The summed E-state index contributed by atoms with van der Waals surface area (Å²) in [6, 6.07) is 15.7. The number of nitrogens with zero attached hydrogens (tertiary/aromatic N) is 2. The van der Waals surface area contributed by atoms with Crippen molar-refractivity contribution in [1.82, 2.24) is 0 Å². The molecule has 2 unspecified atom stereocenters. The summed E-state index contributed by atoms with van der Waals surface area (Å²) in [7, 11) is 0. The maximum absolute atomic E-state index is 16.2. The monoisotopic (exact) mass is 1090 g/mol. The molecule has 4 aromatic rings. The molecule has 4 aromatic carbocycles. The molecular weight excluding hydrogens is 1020 g/mol. The van der Waals surface area contributed by atoms with Crippen molar-refractivity contribution < 1.29 is 38.1 Å². The first-order valence-electron chi connectivity index (χ1n) is 29.5. The molecule has 2 aliphatic heterocycles. The van der Waals surface area contributed by atoms with Gasteiger partial charge in [0.1, 0.15) is 46.1 Å². The summed E-state index contributed by atoms with van der Waals surface area (Å²) in [5, 5.41) is 1.05. The molecule has 4 amide bonds. The lowest BCUT2D eigenvalue weighted by Gasteiger charge is -2.47. The highest BCUT2D eigenvalue weighted by Crippen LogP contribution is 2.65. The average molecular weight is 1090 g/mol. The third-order valence-corrected chi connectivity index (χ3v) is 17.4. The quantitative estimate of drug-likeness (QED) is 0.115. The molecule has 2 heterocycles. The van der Waals surface area contributed by atoms with Crippen molar-refractivity contribution in [1.29, 1.82) is 0 Å². The first-order chi connectivity index (χ1) is 39.7. The molecule has 13 rings (SSSR count). The first-order valence-corrected chi connectivity index (χ1v) is 29.5. The van der Waals surface area contributed by atoms with Gasteiger partial charge in [-0.3, -0.25) is 19.2 Å². The number of rotatable bonds is 14. The van der Waals surface area contributed by atoms with Crippen LogP contribution < -0.4 is 19.3 Å². The van der Waals surface area contributed by atoms with Crippen molar-refractivity contribution in [3.63, 3.8) is 0 Å². The fourth-order valence-corrected chi connectivity index (χ4v) is 13.5. The van der Waals surface area contributed by atoms with Gasteiger partial charge in [0.2, 0.25) is 0 Å². The Bertz CT molecular complexity index is 3850. The molecule has 9 aliphatic rings. The lowest BCUT2D eigenvalue weighted by atomic mass is 9.59. The van der Waals surface area contributed by atoms with E-state index in [2.05, 4.69) is 79.7 Å². The lowest BCUT2D eigenvalue weighted by molar-refractivity contribution is -0.123. The van der Waals surface area contributed by atoms with Crippen LogP contribution in [0.2, 0.25) is 0 Å². The number of amides is 4. The molecule has 0 saturated carbocycles. The molecule has 0 spiro atoms. The molecule has 0 fully saturated rings. The normalized spacial score (nSPS) is 20.7. The highest BCUT2D eigenvalue weighted by atomic mass is 16.5. The van der Waals surface area contributed by atoms with Crippen LogP contribution >= 0.6 is 0 Å². The van der Waals surface area contributed by atoms with E-state index in [-0.39, 0.29) is 23.7 Å². The minimum Gasteiger partial charge on any atom is -0.465 e. The predicted molar refractivity (Wildman–Crippen MR) is 322 cm³/mol. The number of hydrogen-bond donors (Lipinski definition) is 0. The van der Waals surface area contributed by atoms with Gasteiger partial charge in [-0.1, -0.05) is 140 Å². The fourth-order valence-electron chi connectivity index (χ4n) is 13.5. The maximum Gasteiger partial charge on any atom is 0.266 e. The van der Waals surface area contributed by atoms with Crippen molar-refractivity contribution in [2.45, 2.75) is 136 Å². The highest BCUT2D eigenvalue weighted by Gasteiger charge is 2.56. The standard InChI is InChI=1S/C72H68N2O8/c1-39(2)47-31-21-32-48(40(3)4)67(47)73-69(75)51-35-55(79-43-23-13-9-14-24-43)61-63-57(81-45-27-17-11-18-28-45)37-53-60-54(72(78)74(71(53)77)68-49(41(5)6)33-22-34-50(68)42(7)8)38-58(82-46-29-19-12-20-30-46)64(66(60)63)62-56(80-44-25-15-10-16-26-44)36-52(70(73)76)59(51)65(61)62/h9-13,15,17,19,21-23,25,27,29,31-42,61,65H,14,16,18,20,24,26,28,30H2,1-8H3. The van der Waals surface area contributed by atoms with Crippen molar-refractivity contribution in [2.75, 3.05) is 9.80 Å². The summed E-state index contributed by atoms with van der Waals surface area (Å²) >= 11 is 0. The second kappa shape index (κ2) is 20.8. The molecule has 0 aromatic heterocycles. The number of carbonyl (C=O) groups is 4. The van der Waals surface area contributed by atoms with Gasteiger partial charge in [-0.2, -0.15) is 0 Å². The number of para-hydroxylation sites is 2. The predicted octanol–water partition coefficient (Wildman–Crippen LogP) is 17.0. The summed E-state index contributed by atoms with van der Waals surface area (Å²) in [4.78, 5) is 67.4. The number of imide groups is 2. The van der Waals surface area contributed by atoms with Crippen LogP contribution in [0.25, 0.3) is 16.3 Å². The first kappa shape index (κ1) is 52.8. The zero-order valence-electron chi connectivity index (χ0n) is 48.0. The second-order valence-corrected chi connectivity index (χ2v) is 23.9. The molecule has 414 valence electrons. The molecular formula is C72H68N2O8. The summed E-state index contributed by atoms with van der Waals surface area (Å²) < 4.78 is 29.2. The van der Waals surface area contributed by atoms with Crippen LogP contribution in [-0.2, 0) is 19.1 Å². The van der Waals surface area contributed by atoms with Crippen LogP contribution in [0.3, 0.4) is 0 Å². The number of allylic oxidation sites excluding steroid dienone is 19. The Morgan fingerprint density at radius 1 is 0.463 bits per heavy atom. The lowest BCUT2D eigenvalue weighted by Crippen LogP contribution is -2.48. The number of hydrogen-bond acceptors (Lipinski definition) is 8. The van der Waals surface area contributed by atoms with E-state index in [1.807, 2.05) is 109 Å². The largest absolute Gasteiger partial charge is 0.465 e. The van der Waals surface area contributed by atoms with Crippen LogP contribution in [0.4, 0.5) is 11.4 Å². The minimum absolute atomic E-state index is 0.0236. The zero-order chi connectivity index (χ0) is 56.8. The third-order valence-electron chi connectivity index (χ3n) is 17.4. The number of fused-ring (bicyclic) bond motifs is 2. The van der Waals surface area contributed by atoms with Gasteiger partial charge in [-0.15, -0.1) is 0 Å². The Balaban J connectivity index is 1.18. The van der Waals surface area contributed by atoms with Gasteiger partial charge in [0.05, 0.1) is 28.4 Å². The Morgan fingerprint density at radius 2 is 0.902 bits per heavy atom. The van der Waals surface area contributed by atoms with Crippen molar-refractivity contribution in [3.8, 4) is 11.5 Å². The van der Waals surface area contributed by atoms with Gasteiger partial charge in [-0.25, -0.2) is 9.80 Å². The Labute approximate surface area is 480 Å². The smallest absolute Gasteiger partial charge is 0.266 e. The van der Waals surface area contributed by atoms with Gasteiger partial charge in [-0.05, 0) is 126 Å². The van der Waals surface area contributed by atoms with Crippen molar-refractivity contribution in [3.05, 3.63) is 229 Å². The summed E-state index contributed by atoms with van der Waals surface area (Å²) in [5.41, 5.74) is 8.44. The number of benzene rings is 4. The molecule has 7 aliphatic carbocycles. The summed E-state index contributed by atoms with van der Waals surface area (Å²) in [6.45, 7) is 16.7. The van der Waals surface area contributed by atoms with Crippen molar-refractivity contribution in [2.24, 2.45) is 5.92 Å². The van der Waals surface area contributed by atoms with Crippen LogP contribution in [0, 0.1) is 5.92 Å². The second-order valence-electron chi connectivity index (χ2n) is 23.9. The molecule has 0 bridgehead atoms. The van der Waals surface area contributed by atoms with E-state index in [0.29, 0.717) is 138 Å². The van der Waals surface area contributed by atoms with Gasteiger partial charge in [0.15, 0.2) is 0 Å². The molecule has 10 nitrogen and oxygen atoms in total. The fraction of sp³-hybridized carbons (Fsp3) is 0.306. The average Bonchev–Trinajstić information content (AvgIpc) is 1.70. The van der Waals surface area contributed by atoms with E-state index in [1.165, 1.54) is 9.80 Å². The molecule has 82 heavy (non-hydrogen) atoms. The zero-order valence-corrected chi connectivity index (χ0v) is 48.0. The molecule has 10 heteroatoms. The molecule has 2 atom stereocenters. The topological polar surface area (TPSA) is 112 Å². The van der Waals surface area contributed by atoms with E-state index in [9.17, 15) is 0 Å². The van der Waals surface area contributed by atoms with E-state index >= 15 is 19.2 Å². The van der Waals surface area contributed by atoms with Crippen molar-refractivity contribution >= 4 is 51.3 Å². The van der Waals surface area contributed by atoms with E-state index in [0.717, 1.165) is 47.9 Å². The van der Waals surface area contributed by atoms with Crippen LogP contribution in [0.15, 0.2) is 185 Å². The summed E-state index contributed by atoms with van der Waals surface area (Å²) in [6.07, 6.45) is 33.2. The third kappa shape index (κ3) is 8.58. The van der Waals surface area contributed by atoms with Gasteiger partial charge in [0.25, 0.3) is 23.6 Å². The SMILES string of the molecule is CC(C)c1cccc(C(C)C)c1N1C(=O)C2=CC(OC3=CC=CCC3)=C3c4c(OC5=CC=CCC5)cc5c6c(cc(OC7=CC=CCC7)c(c46)C4C(OC6=CC=CCC6)=CC(=C2C34)C1=O)C(=O)N(c1c(C(C)C)cccc1C(C)C)C5=O. The number of carbonyl (C=O) groups excluding carboxylic acids is 4. The molecule has 0 radical (unpaired) electrons. The van der Waals surface area contributed by atoms with Crippen LogP contribution in [0.1, 0.15) is 190 Å². The maximum atomic E-state index is 16.2. The Morgan fingerprint density at radius 3 is 1.37 bits per heavy atom. The number of anilines is 2. The van der Waals surface area contributed by atoms with E-state index in [1.54, 1.807) is 0 Å². The van der Waals surface area contributed by atoms with Gasteiger partial charge < -0.3 is 18.9 Å². The van der Waals surface area contributed by atoms with Gasteiger partial charge in [0, 0.05) is 70.2 Å². The minimum atomic E-state index is -0.806. The van der Waals surface area contributed by atoms with Gasteiger partial charge >= 0.3 is 0 Å². The Hall–Kier alpha value is -8.50. The Kier molecular flexibility index (Phi) is 13.4. The van der Waals surface area contributed by atoms with Crippen LogP contribution in [-0.4, -0.2) is 23.6 Å². The van der Waals surface area contributed by atoms with Crippen LogP contribution in [0.5, 0.6) is 11.5 Å². The molecule has 0 saturated heterocycles. The number of ether oxygens (including phenoxy) is 4. The highest BCUT2D eigenvalue weighted by molar-refractivity contribution is 6.38. The van der Waals surface area contributed by atoms with E-state index < -0.39 is 35.5 Å². The summed E-state index contributed by atoms with van der Waals surface area (Å²) in [5.74, 6) is 0.889. The molecule has 0 N–H and O–H groups in total.